The van der Waals surface area contributed by atoms with Gasteiger partial charge in [-0.15, -0.1) is 0 Å². The summed E-state index contributed by atoms with van der Waals surface area (Å²) in [5.41, 5.74) is -1.00. The lowest BCUT2D eigenvalue weighted by Gasteiger charge is -2.21. The second-order valence-electron chi connectivity index (χ2n) is 3.58. The van der Waals surface area contributed by atoms with Gasteiger partial charge in [-0.1, -0.05) is 13.8 Å². The van der Waals surface area contributed by atoms with Crippen molar-refractivity contribution in [3.63, 3.8) is 0 Å². The minimum absolute atomic E-state index is 0.135. The Hall–Kier alpha value is -1.59. The van der Waals surface area contributed by atoms with Crippen LogP contribution in [0.5, 0.6) is 0 Å². The molecule has 6 nitrogen and oxygen atoms in total. The van der Waals surface area contributed by atoms with Crippen LogP contribution in [0.2, 0.25) is 0 Å². The summed E-state index contributed by atoms with van der Waals surface area (Å²) in [5, 5.41) is 12.4. The second kappa shape index (κ2) is 6.09. The molecule has 0 amide bonds. The lowest BCUT2D eigenvalue weighted by Crippen LogP contribution is -2.39. The molecule has 1 N–H and O–H groups in total. The van der Waals surface area contributed by atoms with Crippen LogP contribution in [0.15, 0.2) is 5.16 Å². The Labute approximate surface area is 94.1 Å². The van der Waals surface area contributed by atoms with Gasteiger partial charge in [0.1, 0.15) is 0 Å². The van der Waals surface area contributed by atoms with E-state index in [2.05, 4.69) is 15.0 Å². The van der Waals surface area contributed by atoms with E-state index in [9.17, 15) is 9.59 Å². The molecule has 0 spiro atoms. The number of oxime groups is 1. The Morgan fingerprint density at radius 1 is 1.25 bits per heavy atom. The standard InChI is InChI=1S/C10H17NO5/c1-5-10(6-2,8(12)13)9(14)15-16-11-7(3)4/h5-6H2,1-4H3,(H,12,13). The monoisotopic (exact) mass is 231 g/mol. The number of nitrogens with zero attached hydrogens (tertiary/aromatic N) is 1. The minimum Gasteiger partial charge on any atom is -0.480 e. The smallest absolute Gasteiger partial charge is 0.375 e. The highest BCUT2D eigenvalue weighted by Gasteiger charge is 2.46. The average molecular weight is 231 g/mol. The summed E-state index contributed by atoms with van der Waals surface area (Å²) < 4.78 is 0. The minimum atomic E-state index is -1.56. The maximum atomic E-state index is 11.6. The summed E-state index contributed by atoms with van der Waals surface area (Å²) in [6.45, 7) is 6.51. The molecule has 0 saturated heterocycles. The highest BCUT2D eigenvalue weighted by atomic mass is 17.3. The van der Waals surface area contributed by atoms with E-state index in [1.807, 2.05) is 0 Å². The molecule has 6 heteroatoms. The number of carboxylic acids is 1. The molecule has 0 aliphatic heterocycles. The lowest BCUT2D eigenvalue weighted by atomic mass is 9.83. The van der Waals surface area contributed by atoms with Crippen molar-refractivity contribution in [3.05, 3.63) is 0 Å². The Balaban J connectivity index is 4.64. The largest absolute Gasteiger partial charge is 0.480 e. The van der Waals surface area contributed by atoms with E-state index < -0.39 is 17.4 Å². The fourth-order valence-corrected chi connectivity index (χ4v) is 1.14. The van der Waals surface area contributed by atoms with Gasteiger partial charge in [0, 0.05) is 0 Å². The number of carbonyl (C=O) groups excluding carboxylic acids is 1. The van der Waals surface area contributed by atoms with Crippen LogP contribution in [0.1, 0.15) is 40.5 Å². The first-order valence-corrected chi connectivity index (χ1v) is 5.03. The van der Waals surface area contributed by atoms with Crippen LogP contribution < -0.4 is 0 Å². The maximum absolute atomic E-state index is 11.6. The van der Waals surface area contributed by atoms with Crippen LogP contribution in [0.25, 0.3) is 0 Å². The molecule has 16 heavy (non-hydrogen) atoms. The molecule has 92 valence electrons. The Morgan fingerprint density at radius 3 is 2.06 bits per heavy atom. The van der Waals surface area contributed by atoms with E-state index >= 15 is 0 Å². The number of hydrogen-bond donors (Lipinski definition) is 1. The molecule has 0 fully saturated rings. The highest BCUT2D eigenvalue weighted by molar-refractivity contribution is 5.98. The highest BCUT2D eigenvalue weighted by Crippen LogP contribution is 2.28. The van der Waals surface area contributed by atoms with Gasteiger partial charge in [-0.05, 0) is 31.8 Å². The average Bonchev–Trinajstić information content (AvgIpc) is 2.19. The van der Waals surface area contributed by atoms with Gasteiger partial charge in [-0.3, -0.25) is 4.79 Å². The number of carboxylic acid groups (broad SMARTS) is 1. The van der Waals surface area contributed by atoms with Crippen LogP contribution in [-0.4, -0.2) is 22.8 Å². The molecule has 0 aromatic carbocycles. The van der Waals surface area contributed by atoms with Crippen molar-refractivity contribution in [3.8, 4) is 0 Å². The van der Waals surface area contributed by atoms with Crippen LogP contribution >= 0.6 is 0 Å². The predicted molar refractivity (Wildman–Crippen MR) is 56.6 cm³/mol. The van der Waals surface area contributed by atoms with Crippen molar-refractivity contribution in [2.75, 3.05) is 0 Å². The number of hydrogen-bond acceptors (Lipinski definition) is 5. The zero-order valence-corrected chi connectivity index (χ0v) is 9.94. The first kappa shape index (κ1) is 14.4. The molecule has 0 radical (unpaired) electrons. The summed E-state index contributed by atoms with van der Waals surface area (Å²) in [6.07, 6.45) is 0.270. The van der Waals surface area contributed by atoms with Crippen molar-refractivity contribution in [1.82, 2.24) is 0 Å². The van der Waals surface area contributed by atoms with Crippen molar-refractivity contribution in [2.45, 2.75) is 40.5 Å². The number of aliphatic carboxylic acids is 1. The lowest BCUT2D eigenvalue weighted by molar-refractivity contribution is -0.282. The molecule has 0 rings (SSSR count). The van der Waals surface area contributed by atoms with Gasteiger partial charge in [0.05, 0.1) is 5.71 Å². The Kier molecular flexibility index (Phi) is 5.49. The first-order chi connectivity index (χ1) is 7.40. The van der Waals surface area contributed by atoms with E-state index in [4.69, 9.17) is 5.11 Å². The summed E-state index contributed by atoms with van der Waals surface area (Å²) in [4.78, 5) is 31.2. The fraction of sp³-hybridized carbons (Fsp3) is 0.700. The predicted octanol–water partition coefficient (Wildman–Crippen LogP) is 1.75. The van der Waals surface area contributed by atoms with Gasteiger partial charge < -0.3 is 5.11 Å². The van der Waals surface area contributed by atoms with E-state index in [1.54, 1.807) is 27.7 Å². The van der Waals surface area contributed by atoms with Crippen molar-refractivity contribution < 1.29 is 24.6 Å². The van der Waals surface area contributed by atoms with E-state index in [1.165, 1.54) is 0 Å². The molecule has 0 aliphatic rings. The summed E-state index contributed by atoms with van der Waals surface area (Å²) in [5.74, 6) is -2.15. The SMILES string of the molecule is CCC(CC)(C(=O)O)C(=O)OON=C(C)C. The quantitative estimate of drug-likeness (QED) is 0.326. The molecule has 0 unspecified atom stereocenters. The maximum Gasteiger partial charge on any atom is 0.375 e. The first-order valence-electron chi connectivity index (χ1n) is 5.03. The third kappa shape index (κ3) is 3.22. The molecule has 0 aromatic rings. The van der Waals surface area contributed by atoms with Crippen LogP contribution in [0.4, 0.5) is 0 Å². The Morgan fingerprint density at radius 2 is 1.75 bits per heavy atom. The zero-order valence-electron chi connectivity index (χ0n) is 9.94. The van der Waals surface area contributed by atoms with Gasteiger partial charge in [0.2, 0.25) is 0 Å². The van der Waals surface area contributed by atoms with Crippen molar-refractivity contribution in [1.29, 1.82) is 0 Å². The Bertz CT molecular complexity index is 290. The van der Waals surface area contributed by atoms with Crippen LogP contribution in [-0.2, 0) is 19.5 Å². The van der Waals surface area contributed by atoms with E-state index in [-0.39, 0.29) is 12.8 Å². The van der Waals surface area contributed by atoms with Crippen molar-refractivity contribution >= 4 is 17.7 Å². The normalized spacial score (nSPS) is 10.5. The van der Waals surface area contributed by atoms with Crippen LogP contribution in [0.3, 0.4) is 0 Å². The van der Waals surface area contributed by atoms with Gasteiger partial charge in [-0.25, -0.2) is 9.68 Å². The molecular formula is C10H17NO5. The summed E-state index contributed by atoms with van der Waals surface area (Å²) >= 11 is 0. The molecule has 0 bridgehead atoms. The fourth-order valence-electron chi connectivity index (χ4n) is 1.14. The van der Waals surface area contributed by atoms with Gasteiger partial charge in [0.25, 0.3) is 0 Å². The van der Waals surface area contributed by atoms with Gasteiger partial charge >= 0.3 is 11.9 Å². The third-order valence-corrected chi connectivity index (χ3v) is 2.34. The summed E-state index contributed by atoms with van der Waals surface area (Å²) in [7, 11) is 0. The van der Waals surface area contributed by atoms with E-state index in [0.717, 1.165) is 0 Å². The zero-order chi connectivity index (χ0) is 12.8. The van der Waals surface area contributed by atoms with Crippen molar-refractivity contribution in [2.24, 2.45) is 10.6 Å². The van der Waals surface area contributed by atoms with Gasteiger partial charge in [-0.2, -0.15) is 4.99 Å². The molecular weight excluding hydrogens is 214 g/mol. The third-order valence-electron chi connectivity index (χ3n) is 2.34. The molecule has 0 saturated carbocycles. The molecule has 0 heterocycles. The molecule has 0 atom stereocenters. The molecule has 0 aromatic heterocycles. The number of carbonyl (C=O) groups is 2. The van der Waals surface area contributed by atoms with E-state index in [0.29, 0.717) is 5.71 Å². The summed E-state index contributed by atoms with van der Waals surface area (Å²) in [6, 6.07) is 0. The molecule has 0 aliphatic carbocycles. The number of rotatable bonds is 6. The second-order valence-corrected chi connectivity index (χ2v) is 3.58. The van der Waals surface area contributed by atoms with Gasteiger partial charge in [0.15, 0.2) is 5.41 Å². The topological polar surface area (TPSA) is 85.2 Å². The van der Waals surface area contributed by atoms with Crippen LogP contribution in [0, 0.1) is 5.41 Å².